The Kier molecular flexibility index (Phi) is 4.81. The van der Waals surface area contributed by atoms with Crippen LogP contribution in [0.3, 0.4) is 0 Å². The van der Waals surface area contributed by atoms with Crippen molar-refractivity contribution in [2.24, 2.45) is 0 Å². The fourth-order valence-electron chi connectivity index (χ4n) is 1.05. The van der Waals surface area contributed by atoms with E-state index in [9.17, 15) is 0 Å². The maximum Gasteiger partial charge on any atom is 0.133 e. The standard InChI is InChI=1S/C10H11NS2/c11-8-13-7-10-3-1-9(2-4-10)5-6-12/h1-4,12H,5-7H2. The molecule has 0 heterocycles. The van der Waals surface area contributed by atoms with Gasteiger partial charge in [-0.1, -0.05) is 24.3 Å². The van der Waals surface area contributed by atoms with Crippen molar-refractivity contribution in [1.29, 1.82) is 5.26 Å². The zero-order chi connectivity index (χ0) is 9.52. The molecule has 3 heteroatoms. The summed E-state index contributed by atoms with van der Waals surface area (Å²) in [6, 6.07) is 8.35. The lowest BCUT2D eigenvalue weighted by molar-refractivity contribution is 1.16. The summed E-state index contributed by atoms with van der Waals surface area (Å²) in [5, 5.41) is 10.4. The molecular weight excluding hydrogens is 198 g/mol. The molecule has 0 saturated heterocycles. The van der Waals surface area contributed by atoms with Crippen LogP contribution in [0.1, 0.15) is 11.1 Å². The van der Waals surface area contributed by atoms with Crippen LogP contribution in [-0.2, 0) is 12.2 Å². The Labute approximate surface area is 88.6 Å². The SMILES string of the molecule is N#CSCc1ccc(CCS)cc1. The number of thioether (sulfide) groups is 1. The maximum atomic E-state index is 8.37. The Bertz CT molecular complexity index is 287. The summed E-state index contributed by atoms with van der Waals surface area (Å²) >= 11 is 5.44. The first-order valence-corrected chi connectivity index (χ1v) is 5.68. The molecule has 0 aliphatic carbocycles. The molecule has 1 aromatic carbocycles. The molecule has 0 fully saturated rings. The predicted molar refractivity (Wildman–Crippen MR) is 60.9 cm³/mol. The normalized spacial score (nSPS) is 9.54. The first kappa shape index (κ1) is 10.5. The minimum absolute atomic E-state index is 0.775. The van der Waals surface area contributed by atoms with E-state index in [0.29, 0.717) is 0 Å². The zero-order valence-corrected chi connectivity index (χ0v) is 8.94. The molecule has 1 rings (SSSR count). The molecule has 1 nitrogen and oxygen atoms in total. The third-order valence-corrected chi connectivity index (χ3v) is 2.56. The van der Waals surface area contributed by atoms with Crippen LogP contribution < -0.4 is 0 Å². The van der Waals surface area contributed by atoms with Crippen molar-refractivity contribution in [3.05, 3.63) is 35.4 Å². The van der Waals surface area contributed by atoms with Crippen molar-refractivity contribution >= 4 is 24.4 Å². The number of nitrogens with zero attached hydrogens (tertiary/aromatic N) is 1. The maximum absolute atomic E-state index is 8.37. The van der Waals surface area contributed by atoms with Gasteiger partial charge in [0.25, 0.3) is 0 Å². The summed E-state index contributed by atoms with van der Waals surface area (Å²) < 4.78 is 0. The van der Waals surface area contributed by atoms with E-state index in [1.54, 1.807) is 0 Å². The van der Waals surface area contributed by atoms with Crippen LogP contribution >= 0.6 is 24.4 Å². The monoisotopic (exact) mass is 209 g/mol. The van der Waals surface area contributed by atoms with Gasteiger partial charge >= 0.3 is 0 Å². The molecule has 0 N–H and O–H groups in total. The fourth-order valence-corrected chi connectivity index (χ4v) is 1.73. The average Bonchev–Trinajstić information content (AvgIpc) is 2.17. The van der Waals surface area contributed by atoms with Crippen LogP contribution in [0, 0.1) is 10.7 Å². The summed E-state index contributed by atoms with van der Waals surface area (Å²) in [5.41, 5.74) is 2.51. The second kappa shape index (κ2) is 5.95. The molecule has 0 aromatic heterocycles. The van der Waals surface area contributed by atoms with Crippen molar-refractivity contribution in [1.82, 2.24) is 0 Å². The second-order valence-electron chi connectivity index (χ2n) is 2.67. The van der Waals surface area contributed by atoms with Crippen molar-refractivity contribution in [3.8, 4) is 5.40 Å². The highest BCUT2D eigenvalue weighted by Gasteiger charge is 1.94. The molecule has 13 heavy (non-hydrogen) atoms. The fraction of sp³-hybridized carbons (Fsp3) is 0.300. The largest absolute Gasteiger partial charge is 0.185 e. The highest BCUT2D eigenvalue weighted by atomic mass is 32.2. The lowest BCUT2D eigenvalue weighted by Gasteiger charge is -1.99. The third kappa shape index (κ3) is 3.75. The van der Waals surface area contributed by atoms with Crippen LogP contribution in [0.25, 0.3) is 0 Å². The number of nitriles is 1. The number of hydrogen-bond donors (Lipinski definition) is 1. The molecule has 0 saturated carbocycles. The number of benzene rings is 1. The van der Waals surface area contributed by atoms with Gasteiger partial charge < -0.3 is 0 Å². The summed E-state index contributed by atoms with van der Waals surface area (Å²) in [4.78, 5) is 0. The first-order valence-electron chi connectivity index (χ1n) is 4.06. The zero-order valence-electron chi connectivity index (χ0n) is 7.23. The van der Waals surface area contributed by atoms with Gasteiger partial charge in [0.15, 0.2) is 0 Å². The van der Waals surface area contributed by atoms with Crippen molar-refractivity contribution < 1.29 is 0 Å². The Balaban J connectivity index is 2.54. The van der Waals surface area contributed by atoms with Crippen LogP contribution in [0.5, 0.6) is 0 Å². The molecule has 0 aliphatic heterocycles. The molecule has 0 spiro atoms. The van der Waals surface area contributed by atoms with E-state index in [0.717, 1.165) is 17.9 Å². The minimum atomic E-state index is 0.775. The molecule has 0 unspecified atom stereocenters. The molecule has 68 valence electrons. The number of thiocyanates is 1. The Morgan fingerprint density at radius 3 is 2.38 bits per heavy atom. The predicted octanol–water partition coefficient (Wildman–Crippen LogP) is 2.87. The van der Waals surface area contributed by atoms with Gasteiger partial charge in [0.2, 0.25) is 0 Å². The summed E-state index contributed by atoms with van der Waals surface area (Å²) in [6.45, 7) is 0. The van der Waals surface area contributed by atoms with Gasteiger partial charge in [-0.2, -0.15) is 17.9 Å². The molecular formula is C10H11NS2. The average molecular weight is 209 g/mol. The van der Waals surface area contributed by atoms with Crippen LogP contribution in [0.4, 0.5) is 0 Å². The Morgan fingerprint density at radius 2 is 1.85 bits per heavy atom. The third-order valence-electron chi connectivity index (χ3n) is 1.73. The van der Waals surface area contributed by atoms with Gasteiger partial charge in [-0.05, 0) is 35.1 Å². The smallest absolute Gasteiger partial charge is 0.133 e. The molecule has 0 aliphatic rings. The quantitative estimate of drug-likeness (QED) is 0.609. The van der Waals surface area contributed by atoms with E-state index in [1.165, 1.54) is 22.9 Å². The van der Waals surface area contributed by atoms with Gasteiger partial charge in [-0.3, -0.25) is 0 Å². The van der Waals surface area contributed by atoms with E-state index in [2.05, 4.69) is 42.3 Å². The Hall–Kier alpha value is -0.590. The van der Waals surface area contributed by atoms with Gasteiger partial charge in [0, 0.05) is 5.75 Å². The van der Waals surface area contributed by atoms with Gasteiger partial charge in [-0.25, -0.2) is 0 Å². The van der Waals surface area contributed by atoms with E-state index in [-0.39, 0.29) is 0 Å². The second-order valence-corrected chi connectivity index (χ2v) is 3.88. The number of thiol groups is 1. The minimum Gasteiger partial charge on any atom is -0.185 e. The van der Waals surface area contributed by atoms with Gasteiger partial charge in [0.05, 0.1) is 0 Å². The van der Waals surface area contributed by atoms with Crippen molar-refractivity contribution in [2.75, 3.05) is 5.75 Å². The molecule has 1 aromatic rings. The van der Waals surface area contributed by atoms with Crippen molar-refractivity contribution in [3.63, 3.8) is 0 Å². The van der Waals surface area contributed by atoms with E-state index < -0.39 is 0 Å². The molecule has 0 amide bonds. The highest BCUT2D eigenvalue weighted by Crippen LogP contribution is 2.12. The summed E-state index contributed by atoms with van der Waals surface area (Å²) in [7, 11) is 0. The van der Waals surface area contributed by atoms with Crippen LogP contribution in [0.15, 0.2) is 24.3 Å². The van der Waals surface area contributed by atoms with E-state index >= 15 is 0 Å². The van der Waals surface area contributed by atoms with E-state index in [1.807, 2.05) is 0 Å². The number of aryl methyl sites for hydroxylation is 1. The number of rotatable bonds is 4. The summed E-state index contributed by atoms with van der Waals surface area (Å²) in [6.07, 6.45) is 1.01. The van der Waals surface area contributed by atoms with Gasteiger partial charge in [-0.15, -0.1) is 0 Å². The molecule has 0 bridgehead atoms. The number of hydrogen-bond acceptors (Lipinski definition) is 3. The van der Waals surface area contributed by atoms with Crippen molar-refractivity contribution in [2.45, 2.75) is 12.2 Å². The van der Waals surface area contributed by atoms with E-state index in [4.69, 9.17) is 5.26 Å². The summed E-state index contributed by atoms with van der Waals surface area (Å²) in [5.74, 6) is 1.66. The lowest BCUT2D eigenvalue weighted by Crippen LogP contribution is -1.86. The van der Waals surface area contributed by atoms with Crippen LogP contribution in [-0.4, -0.2) is 5.75 Å². The van der Waals surface area contributed by atoms with Crippen LogP contribution in [0.2, 0.25) is 0 Å². The molecule has 0 atom stereocenters. The Morgan fingerprint density at radius 1 is 1.23 bits per heavy atom. The van der Waals surface area contributed by atoms with Gasteiger partial charge in [0.1, 0.15) is 5.40 Å². The topological polar surface area (TPSA) is 23.8 Å². The molecule has 0 radical (unpaired) electrons. The first-order chi connectivity index (χ1) is 6.36. The lowest BCUT2D eigenvalue weighted by atomic mass is 10.1. The highest BCUT2D eigenvalue weighted by molar-refractivity contribution is 8.02.